The number of aromatic nitrogens is 4. The van der Waals surface area contributed by atoms with Gasteiger partial charge in [0.2, 0.25) is 0 Å². The molecular weight excluding hydrogens is 479 g/mol. The molecule has 182 valence electrons. The molecule has 4 heterocycles. The van der Waals surface area contributed by atoms with Crippen molar-refractivity contribution in [2.24, 2.45) is 0 Å². The van der Waals surface area contributed by atoms with Gasteiger partial charge in [0.15, 0.2) is 0 Å². The average Bonchev–Trinajstić information content (AvgIpc) is 3.27. The van der Waals surface area contributed by atoms with Gasteiger partial charge >= 0.3 is 6.36 Å². The lowest BCUT2D eigenvalue weighted by atomic mass is 10.0. The molecule has 0 saturated carbocycles. The van der Waals surface area contributed by atoms with Crippen molar-refractivity contribution in [2.45, 2.75) is 23.8 Å². The van der Waals surface area contributed by atoms with Crippen LogP contribution in [0.2, 0.25) is 0 Å². The first-order chi connectivity index (χ1) is 16.9. The zero-order valence-electron chi connectivity index (χ0n) is 18.8. The molecule has 0 radical (unpaired) electrons. The summed E-state index contributed by atoms with van der Waals surface area (Å²) in [5, 5.41) is 0.886. The second kappa shape index (κ2) is 9.74. The second-order valence-electron chi connectivity index (χ2n) is 7.97. The fourth-order valence-electron chi connectivity index (χ4n) is 4.17. The summed E-state index contributed by atoms with van der Waals surface area (Å²) in [6.07, 6.45) is 2.64. The van der Waals surface area contributed by atoms with E-state index in [1.165, 1.54) is 18.5 Å². The molecule has 1 atom stereocenters. The van der Waals surface area contributed by atoms with Crippen molar-refractivity contribution in [3.8, 4) is 5.75 Å². The largest absolute Gasteiger partial charge is 0.573 e. The summed E-state index contributed by atoms with van der Waals surface area (Å²) < 4.78 is 49.3. The summed E-state index contributed by atoms with van der Waals surface area (Å²) >= 11 is 1.64. The molecule has 4 aromatic rings. The predicted molar refractivity (Wildman–Crippen MR) is 127 cm³/mol. The Bertz CT molecular complexity index is 1300. The molecular formula is C24H22F3N5O2S. The Morgan fingerprint density at radius 1 is 1.09 bits per heavy atom. The van der Waals surface area contributed by atoms with Gasteiger partial charge in [-0.25, -0.2) is 9.97 Å². The number of fused-ring (bicyclic) bond motifs is 1. The number of morpholine rings is 1. The average molecular weight is 502 g/mol. The van der Waals surface area contributed by atoms with Gasteiger partial charge in [-0.2, -0.15) is 0 Å². The monoisotopic (exact) mass is 501 g/mol. The maximum absolute atomic E-state index is 12.5. The van der Waals surface area contributed by atoms with E-state index in [4.69, 9.17) is 4.74 Å². The Kier molecular flexibility index (Phi) is 6.52. The van der Waals surface area contributed by atoms with Gasteiger partial charge in [-0.15, -0.1) is 24.9 Å². The molecule has 1 fully saturated rings. The third-order valence-electron chi connectivity index (χ3n) is 5.80. The zero-order chi connectivity index (χ0) is 24.4. The molecule has 3 aromatic heterocycles. The molecule has 5 rings (SSSR count). The first-order valence-electron chi connectivity index (χ1n) is 10.9. The highest BCUT2D eigenvalue weighted by molar-refractivity contribution is 7.98. The van der Waals surface area contributed by atoms with Crippen LogP contribution in [-0.4, -0.2) is 51.9 Å². The lowest BCUT2D eigenvalue weighted by Crippen LogP contribution is -2.40. The Hall–Kier alpha value is -3.31. The summed E-state index contributed by atoms with van der Waals surface area (Å²) in [7, 11) is 0. The minimum atomic E-state index is -4.73. The van der Waals surface area contributed by atoms with Crippen LogP contribution in [0.5, 0.6) is 5.75 Å². The van der Waals surface area contributed by atoms with Crippen molar-refractivity contribution in [1.82, 2.24) is 19.5 Å². The lowest BCUT2D eigenvalue weighted by Gasteiger charge is -2.37. The van der Waals surface area contributed by atoms with E-state index in [1.807, 2.05) is 41.4 Å². The smallest absolute Gasteiger partial charge is 0.406 e. The van der Waals surface area contributed by atoms with Crippen molar-refractivity contribution in [2.75, 3.05) is 30.9 Å². The molecule has 0 spiro atoms. The van der Waals surface area contributed by atoms with Gasteiger partial charge in [0.1, 0.15) is 23.5 Å². The number of pyridine rings is 1. The molecule has 0 amide bonds. The minimum absolute atomic E-state index is 0.217. The third-order valence-corrected chi connectivity index (χ3v) is 6.51. The van der Waals surface area contributed by atoms with E-state index >= 15 is 0 Å². The number of benzene rings is 1. The Balaban J connectivity index is 1.43. The van der Waals surface area contributed by atoms with Gasteiger partial charge < -0.3 is 18.9 Å². The van der Waals surface area contributed by atoms with Gasteiger partial charge in [0, 0.05) is 23.8 Å². The highest BCUT2D eigenvalue weighted by Crippen LogP contribution is 2.34. The number of ether oxygens (including phenoxy) is 2. The molecule has 0 bridgehead atoms. The van der Waals surface area contributed by atoms with Crippen LogP contribution in [0, 0.1) is 0 Å². The zero-order valence-corrected chi connectivity index (χ0v) is 19.6. The number of rotatable bonds is 6. The standard InChI is InChI=1S/C24H22F3N5O2S/c1-35-19-7-4-17(28-12-19)13-31-9-8-20-22(31)29-15-30-23(20)32-10-11-33-14-21(32)16-2-5-18(6-3-16)34-24(25,26)27/h2-9,12,15,21H,10-11,13-14H2,1H3. The van der Waals surface area contributed by atoms with Gasteiger partial charge in [-0.05, 0) is 42.2 Å². The number of anilines is 1. The van der Waals surface area contributed by atoms with Gasteiger partial charge in [0.05, 0.1) is 36.9 Å². The van der Waals surface area contributed by atoms with E-state index in [2.05, 4.69) is 24.6 Å². The van der Waals surface area contributed by atoms with Crippen molar-refractivity contribution < 1.29 is 22.6 Å². The maximum atomic E-state index is 12.5. The molecule has 1 unspecified atom stereocenters. The summed E-state index contributed by atoms with van der Waals surface area (Å²) in [5.74, 6) is 0.494. The molecule has 1 saturated heterocycles. The maximum Gasteiger partial charge on any atom is 0.573 e. The topological polar surface area (TPSA) is 65.3 Å². The fraction of sp³-hybridized carbons (Fsp3) is 0.292. The van der Waals surface area contributed by atoms with E-state index in [0.29, 0.717) is 26.3 Å². The van der Waals surface area contributed by atoms with Crippen LogP contribution in [0.3, 0.4) is 0 Å². The number of halogens is 3. The normalized spacial score (nSPS) is 16.6. The molecule has 35 heavy (non-hydrogen) atoms. The summed E-state index contributed by atoms with van der Waals surface area (Å²) in [6.45, 7) is 2.06. The van der Waals surface area contributed by atoms with Crippen molar-refractivity contribution in [3.05, 3.63) is 72.4 Å². The van der Waals surface area contributed by atoms with Crippen molar-refractivity contribution in [3.63, 3.8) is 0 Å². The summed E-state index contributed by atoms with van der Waals surface area (Å²) in [5.41, 5.74) is 2.51. The first-order valence-corrected chi connectivity index (χ1v) is 12.1. The Labute approximate surface area is 203 Å². The number of nitrogens with zero attached hydrogens (tertiary/aromatic N) is 5. The number of hydrogen-bond donors (Lipinski definition) is 0. The van der Waals surface area contributed by atoms with E-state index in [-0.39, 0.29) is 11.8 Å². The van der Waals surface area contributed by atoms with Crippen molar-refractivity contribution >= 4 is 28.6 Å². The highest BCUT2D eigenvalue weighted by atomic mass is 32.2. The van der Waals surface area contributed by atoms with E-state index in [0.717, 1.165) is 33.0 Å². The summed E-state index contributed by atoms with van der Waals surface area (Å²) in [4.78, 5) is 16.8. The number of hydrogen-bond acceptors (Lipinski definition) is 7. The molecule has 0 aliphatic carbocycles. The van der Waals surface area contributed by atoms with Crippen molar-refractivity contribution in [1.29, 1.82) is 0 Å². The van der Waals surface area contributed by atoms with Crippen LogP contribution in [0.4, 0.5) is 19.0 Å². The number of alkyl halides is 3. The van der Waals surface area contributed by atoms with Crippen LogP contribution in [0.15, 0.2) is 66.1 Å². The molecule has 1 aliphatic heterocycles. The van der Waals surface area contributed by atoms with Crippen LogP contribution >= 0.6 is 11.8 Å². The molecule has 0 N–H and O–H groups in total. The molecule has 11 heteroatoms. The van der Waals surface area contributed by atoms with Crippen LogP contribution < -0.4 is 9.64 Å². The van der Waals surface area contributed by atoms with E-state index in [1.54, 1.807) is 23.9 Å². The minimum Gasteiger partial charge on any atom is -0.406 e. The highest BCUT2D eigenvalue weighted by Gasteiger charge is 2.32. The second-order valence-corrected chi connectivity index (χ2v) is 8.85. The molecule has 1 aliphatic rings. The summed E-state index contributed by atoms with van der Waals surface area (Å²) in [6, 6.07) is 11.7. The Morgan fingerprint density at radius 3 is 2.63 bits per heavy atom. The van der Waals surface area contributed by atoms with E-state index in [9.17, 15) is 13.2 Å². The SMILES string of the molecule is CSc1ccc(Cn2ccc3c(N4CCOCC4c4ccc(OC(F)(F)F)cc4)ncnc32)nc1. The fourth-order valence-corrected chi connectivity index (χ4v) is 4.53. The third kappa shape index (κ3) is 5.20. The number of thioether (sulfide) groups is 1. The van der Waals surface area contributed by atoms with E-state index < -0.39 is 6.36 Å². The van der Waals surface area contributed by atoms with Gasteiger partial charge in [-0.3, -0.25) is 4.98 Å². The molecule has 1 aromatic carbocycles. The van der Waals surface area contributed by atoms with Crippen LogP contribution in [0.1, 0.15) is 17.3 Å². The van der Waals surface area contributed by atoms with Gasteiger partial charge in [-0.1, -0.05) is 12.1 Å². The molecule has 7 nitrogen and oxygen atoms in total. The van der Waals surface area contributed by atoms with Crippen LogP contribution in [-0.2, 0) is 11.3 Å². The first kappa shape index (κ1) is 23.4. The van der Waals surface area contributed by atoms with Gasteiger partial charge in [0.25, 0.3) is 0 Å². The Morgan fingerprint density at radius 2 is 1.91 bits per heavy atom. The quantitative estimate of drug-likeness (QED) is 0.342. The van der Waals surface area contributed by atoms with Crippen LogP contribution in [0.25, 0.3) is 11.0 Å². The lowest BCUT2D eigenvalue weighted by molar-refractivity contribution is -0.274. The predicted octanol–water partition coefficient (Wildman–Crippen LogP) is 5.07.